The molecule has 0 radical (unpaired) electrons. The second-order valence-electron chi connectivity index (χ2n) is 5.78. The summed E-state index contributed by atoms with van der Waals surface area (Å²) >= 11 is 0. The fraction of sp³-hybridized carbons (Fsp3) is 0.438. The summed E-state index contributed by atoms with van der Waals surface area (Å²) < 4.78 is 0. The third-order valence-corrected chi connectivity index (χ3v) is 4.13. The molecule has 0 saturated carbocycles. The number of para-hydroxylation sites is 1. The number of aromatic nitrogens is 1. The molecule has 5 heteroatoms. The summed E-state index contributed by atoms with van der Waals surface area (Å²) in [6.07, 6.45) is 2.06. The Labute approximate surface area is 124 Å². The third-order valence-electron chi connectivity index (χ3n) is 4.13. The topological polar surface area (TPSA) is 51.4 Å². The van der Waals surface area contributed by atoms with Crippen LogP contribution < -0.4 is 5.32 Å². The van der Waals surface area contributed by atoms with E-state index in [1.165, 1.54) is 10.9 Å². The minimum absolute atomic E-state index is 0.0811. The highest BCUT2D eigenvalue weighted by molar-refractivity contribution is 5.84. The quantitative estimate of drug-likeness (QED) is 0.886. The van der Waals surface area contributed by atoms with Gasteiger partial charge in [-0.3, -0.25) is 9.69 Å². The van der Waals surface area contributed by atoms with Crippen LogP contribution in [-0.2, 0) is 11.3 Å². The lowest BCUT2D eigenvalue weighted by Crippen LogP contribution is -2.57. The van der Waals surface area contributed by atoms with Gasteiger partial charge < -0.3 is 15.2 Å². The van der Waals surface area contributed by atoms with Gasteiger partial charge in [0.15, 0.2) is 0 Å². The first kappa shape index (κ1) is 14.1. The Hall–Kier alpha value is -1.85. The number of hydrogen-bond acceptors (Lipinski definition) is 3. The Kier molecular flexibility index (Phi) is 3.94. The molecule has 1 aliphatic rings. The molecule has 1 aromatic carbocycles. The molecule has 21 heavy (non-hydrogen) atoms. The highest BCUT2D eigenvalue weighted by atomic mass is 16.2. The van der Waals surface area contributed by atoms with E-state index in [1.54, 1.807) is 4.90 Å². The van der Waals surface area contributed by atoms with Crippen LogP contribution in [0.1, 0.15) is 5.56 Å². The van der Waals surface area contributed by atoms with Crippen LogP contribution in [0.3, 0.4) is 0 Å². The van der Waals surface area contributed by atoms with E-state index in [0.717, 1.165) is 31.7 Å². The van der Waals surface area contributed by atoms with Crippen molar-refractivity contribution in [1.29, 1.82) is 0 Å². The minimum atomic E-state index is -0.0811. The van der Waals surface area contributed by atoms with Crippen molar-refractivity contribution in [2.45, 2.75) is 12.6 Å². The molecule has 3 rings (SSSR count). The molecule has 0 aliphatic carbocycles. The first-order chi connectivity index (χ1) is 10.2. The van der Waals surface area contributed by atoms with Gasteiger partial charge in [0.25, 0.3) is 0 Å². The maximum atomic E-state index is 12.3. The lowest BCUT2D eigenvalue weighted by Gasteiger charge is -2.36. The Morgan fingerprint density at radius 2 is 2.19 bits per heavy atom. The molecule has 1 aromatic heterocycles. The lowest BCUT2D eigenvalue weighted by atomic mass is 10.1. The van der Waals surface area contributed by atoms with E-state index in [4.69, 9.17) is 0 Å². The average Bonchev–Trinajstić information content (AvgIpc) is 2.90. The molecule has 1 saturated heterocycles. The van der Waals surface area contributed by atoms with Gasteiger partial charge in [-0.15, -0.1) is 0 Å². The SMILES string of the molecule is CN(C)C(=O)C1CNCCN1Cc1c[nH]c2ccccc12. The number of carbonyl (C=O) groups is 1. The second kappa shape index (κ2) is 5.87. The van der Waals surface area contributed by atoms with Crippen molar-refractivity contribution in [3.63, 3.8) is 0 Å². The summed E-state index contributed by atoms with van der Waals surface area (Å²) in [6, 6.07) is 8.22. The zero-order valence-electron chi connectivity index (χ0n) is 12.6. The predicted octanol–water partition coefficient (Wildman–Crippen LogP) is 1.03. The van der Waals surface area contributed by atoms with Crippen molar-refractivity contribution in [1.82, 2.24) is 20.1 Å². The van der Waals surface area contributed by atoms with E-state index in [9.17, 15) is 4.79 Å². The number of H-pyrrole nitrogens is 1. The van der Waals surface area contributed by atoms with Crippen LogP contribution in [0, 0.1) is 0 Å². The molecule has 1 aliphatic heterocycles. The standard InChI is InChI=1S/C16H22N4O/c1-19(2)16(21)15-10-17-7-8-20(15)11-12-9-18-14-6-4-3-5-13(12)14/h3-6,9,15,17-18H,7-8,10-11H2,1-2H3. The van der Waals surface area contributed by atoms with E-state index in [2.05, 4.69) is 39.6 Å². The molecule has 1 amide bonds. The van der Waals surface area contributed by atoms with Crippen LogP contribution in [0.15, 0.2) is 30.5 Å². The molecule has 1 unspecified atom stereocenters. The molecule has 2 N–H and O–H groups in total. The Balaban J connectivity index is 1.83. The van der Waals surface area contributed by atoms with Crippen LogP contribution in [-0.4, -0.2) is 60.5 Å². The number of nitrogens with one attached hydrogen (secondary N) is 2. The van der Waals surface area contributed by atoms with Crippen LogP contribution in [0.2, 0.25) is 0 Å². The average molecular weight is 286 g/mol. The Morgan fingerprint density at radius 1 is 1.38 bits per heavy atom. The highest BCUT2D eigenvalue weighted by Crippen LogP contribution is 2.21. The maximum absolute atomic E-state index is 12.3. The van der Waals surface area contributed by atoms with E-state index < -0.39 is 0 Å². The summed E-state index contributed by atoms with van der Waals surface area (Å²) in [5.41, 5.74) is 2.40. The highest BCUT2D eigenvalue weighted by Gasteiger charge is 2.29. The third kappa shape index (κ3) is 2.80. The summed E-state index contributed by atoms with van der Waals surface area (Å²) in [6.45, 7) is 3.35. The number of rotatable bonds is 3. The van der Waals surface area contributed by atoms with Crippen molar-refractivity contribution in [3.8, 4) is 0 Å². The smallest absolute Gasteiger partial charge is 0.240 e. The van der Waals surface area contributed by atoms with Crippen molar-refractivity contribution >= 4 is 16.8 Å². The van der Waals surface area contributed by atoms with Crippen LogP contribution in [0.4, 0.5) is 0 Å². The van der Waals surface area contributed by atoms with E-state index in [0.29, 0.717) is 0 Å². The van der Waals surface area contributed by atoms with Crippen LogP contribution in [0.25, 0.3) is 10.9 Å². The van der Waals surface area contributed by atoms with Crippen LogP contribution in [0.5, 0.6) is 0 Å². The first-order valence-corrected chi connectivity index (χ1v) is 7.38. The summed E-state index contributed by atoms with van der Waals surface area (Å²) in [4.78, 5) is 19.6. The number of carbonyl (C=O) groups excluding carboxylic acids is 1. The number of likely N-dealkylation sites (N-methyl/N-ethyl adjacent to an activating group) is 1. The van der Waals surface area contributed by atoms with Gasteiger partial charge in [-0.05, 0) is 11.6 Å². The summed E-state index contributed by atoms with van der Waals surface area (Å²) in [5.74, 6) is 0.169. The molecular formula is C16H22N4O. The van der Waals surface area contributed by atoms with E-state index in [1.807, 2.05) is 20.2 Å². The van der Waals surface area contributed by atoms with Gasteiger partial charge in [-0.25, -0.2) is 0 Å². The molecule has 112 valence electrons. The fourth-order valence-electron chi connectivity index (χ4n) is 2.96. The number of fused-ring (bicyclic) bond motifs is 1. The Bertz CT molecular complexity index is 634. The van der Waals surface area contributed by atoms with Gasteiger partial charge in [0, 0.05) is 57.4 Å². The van der Waals surface area contributed by atoms with Gasteiger partial charge in [0.2, 0.25) is 5.91 Å². The number of piperazine rings is 1. The summed E-state index contributed by atoms with van der Waals surface area (Å²) in [5, 5.41) is 4.56. The maximum Gasteiger partial charge on any atom is 0.240 e. The monoisotopic (exact) mass is 286 g/mol. The van der Waals surface area contributed by atoms with Gasteiger partial charge in [0.1, 0.15) is 6.04 Å². The number of amides is 1. The van der Waals surface area contributed by atoms with Gasteiger partial charge in [-0.1, -0.05) is 18.2 Å². The first-order valence-electron chi connectivity index (χ1n) is 7.38. The number of benzene rings is 1. The molecular weight excluding hydrogens is 264 g/mol. The largest absolute Gasteiger partial charge is 0.361 e. The zero-order valence-corrected chi connectivity index (χ0v) is 12.6. The molecule has 1 fully saturated rings. The van der Waals surface area contributed by atoms with Crippen molar-refractivity contribution in [3.05, 3.63) is 36.0 Å². The zero-order chi connectivity index (χ0) is 14.8. The molecule has 1 atom stereocenters. The van der Waals surface area contributed by atoms with E-state index >= 15 is 0 Å². The predicted molar refractivity (Wildman–Crippen MR) is 84.1 cm³/mol. The number of nitrogens with zero attached hydrogens (tertiary/aromatic N) is 2. The molecule has 2 aromatic rings. The Morgan fingerprint density at radius 3 is 3.00 bits per heavy atom. The van der Waals surface area contributed by atoms with E-state index in [-0.39, 0.29) is 11.9 Å². The second-order valence-corrected chi connectivity index (χ2v) is 5.78. The number of hydrogen-bond donors (Lipinski definition) is 2. The summed E-state index contributed by atoms with van der Waals surface area (Å²) in [7, 11) is 3.64. The fourth-order valence-corrected chi connectivity index (χ4v) is 2.96. The normalized spacial score (nSPS) is 19.8. The molecule has 0 bridgehead atoms. The van der Waals surface area contributed by atoms with Gasteiger partial charge >= 0.3 is 0 Å². The minimum Gasteiger partial charge on any atom is -0.361 e. The molecule has 2 heterocycles. The van der Waals surface area contributed by atoms with Crippen LogP contribution >= 0.6 is 0 Å². The van der Waals surface area contributed by atoms with Crippen molar-refractivity contribution in [2.75, 3.05) is 33.7 Å². The van der Waals surface area contributed by atoms with Crippen molar-refractivity contribution in [2.24, 2.45) is 0 Å². The van der Waals surface area contributed by atoms with Crippen molar-refractivity contribution < 1.29 is 4.79 Å². The molecule has 0 spiro atoms. The number of aromatic amines is 1. The molecule has 5 nitrogen and oxygen atoms in total. The van der Waals surface area contributed by atoms with Gasteiger partial charge in [0.05, 0.1) is 0 Å². The van der Waals surface area contributed by atoms with Gasteiger partial charge in [-0.2, -0.15) is 0 Å². The lowest BCUT2D eigenvalue weighted by molar-refractivity contribution is -0.135.